The Hall–Kier alpha value is -0.570. The topological polar surface area (TPSA) is 41.1 Å². The fourth-order valence-electron chi connectivity index (χ4n) is 2.38. The van der Waals surface area contributed by atoms with Crippen molar-refractivity contribution in [3.63, 3.8) is 0 Å². The normalized spacial score (nSPS) is 16.2. The van der Waals surface area contributed by atoms with Crippen molar-refractivity contribution < 1.29 is 4.79 Å². The van der Waals surface area contributed by atoms with Gasteiger partial charge in [0.05, 0.1) is 5.54 Å². The molecule has 0 heterocycles. The van der Waals surface area contributed by atoms with Crippen LogP contribution in [-0.4, -0.2) is 24.5 Å². The molecule has 2 atom stereocenters. The molecule has 0 bridgehead atoms. The molecule has 0 aliphatic carbocycles. The van der Waals surface area contributed by atoms with E-state index in [4.69, 9.17) is 0 Å². The highest BCUT2D eigenvalue weighted by molar-refractivity contribution is 5.85. The average molecular weight is 270 g/mol. The Bertz CT molecular complexity index is 253. The van der Waals surface area contributed by atoms with Gasteiger partial charge < -0.3 is 10.6 Å². The van der Waals surface area contributed by atoms with Crippen molar-refractivity contribution in [1.82, 2.24) is 10.6 Å². The van der Waals surface area contributed by atoms with Gasteiger partial charge in [-0.1, -0.05) is 47.0 Å². The zero-order valence-electron chi connectivity index (χ0n) is 13.8. The van der Waals surface area contributed by atoms with E-state index in [0.29, 0.717) is 18.4 Å². The van der Waals surface area contributed by atoms with E-state index < -0.39 is 5.54 Å². The fraction of sp³-hybridized carbons (Fsp3) is 0.938. The maximum Gasteiger partial charge on any atom is 0.240 e. The van der Waals surface area contributed by atoms with Gasteiger partial charge in [-0.25, -0.2) is 0 Å². The third-order valence-electron chi connectivity index (χ3n) is 4.09. The third-order valence-corrected chi connectivity index (χ3v) is 4.09. The van der Waals surface area contributed by atoms with E-state index in [1.807, 2.05) is 13.8 Å². The number of hydrogen-bond donors (Lipinski definition) is 2. The van der Waals surface area contributed by atoms with Crippen LogP contribution in [0.3, 0.4) is 0 Å². The van der Waals surface area contributed by atoms with E-state index in [1.54, 1.807) is 0 Å². The van der Waals surface area contributed by atoms with Crippen LogP contribution in [0.2, 0.25) is 0 Å². The van der Waals surface area contributed by atoms with Gasteiger partial charge in [0.2, 0.25) is 5.91 Å². The summed E-state index contributed by atoms with van der Waals surface area (Å²) < 4.78 is 0. The quantitative estimate of drug-likeness (QED) is 0.639. The molecule has 0 radical (unpaired) electrons. The van der Waals surface area contributed by atoms with Gasteiger partial charge in [0.15, 0.2) is 0 Å². The molecule has 2 N–H and O–H groups in total. The van der Waals surface area contributed by atoms with Gasteiger partial charge in [0.25, 0.3) is 0 Å². The molecule has 0 rings (SSSR count). The van der Waals surface area contributed by atoms with Crippen LogP contribution in [0.25, 0.3) is 0 Å². The molecule has 3 heteroatoms. The Morgan fingerprint density at radius 2 is 1.84 bits per heavy atom. The summed E-state index contributed by atoms with van der Waals surface area (Å²) in [6.45, 7) is 14.5. The van der Waals surface area contributed by atoms with Gasteiger partial charge in [-0.05, 0) is 38.6 Å². The van der Waals surface area contributed by atoms with Crippen LogP contribution >= 0.6 is 0 Å². The second kappa shape index (κ2) is 9.35. The fourth-order valence-corrected chi connectivity index (χ4v) is 2.38. The molecule has 0 spiro atoms. The van der Waals surface area contributed by atoms with Gasteiger partial charge >= 0.3 is 0 Å². The highest BCUT2D eigenvalue weighted by atomic mass is 16.2. The molecular formula is C16H34N2O. The molecule has 1 amide bonds. The minimum atomic E-state index is -0.422. The minimum absolute atomic E-state index is 0.141. The lowest BCUT2D eigenvalue weighted by atomic mass is 9.89. The highest BCUT2D eigenvalue weighted by Crippen LogP contribution is 2.18. The maximum atomic E-state index is 12.3. The molecule has 0 aromatic heterocycles. The number of nitrogens with one attached hydrogen (secondary N) is 2. The highest BCUT2D eigenvalue weighted by Gasteiger charge is 2.32. The molecule has 0 fully saturated rings. The van der Waals surface area contributed by atoms with E-state index in [1.165, 1.54) is 0 Å². The lowest BCUT2D eigenvalue weighted by molar-refractivity contribution is -0.127. The van der Waals surface area contributed by atoms with E-state index in [9.17, 15) is 4.79 Å². The lowest BCUT2D eigenvalue weighted by Crippen LogP contribution is -2.56. The predicted molar refractivity (Wildman–Crippen MR) is 83.2 cm³/mol. The van der Waals surface area contributed by atoms with Crippen molar-refractivity contribution in [2.45, 2.75) is 72.8 Å². The maximum absolute atomic E-state index is 12.3. The van der Waals surface area contributed by atoms with Crippen LogP contribution in [0.4, 0.5) is 0 Å². The first-order valence-corrected chi connectivity index (χ1v) is 7.94. The third kappa shape index (κ3) is 6.42. The Morgan fingerprint density at radius 3 is 2.26 bits per heavy atom. The first-order valence-electron chi connectivity index (χ1n) is 7.94. The second-order valence-electron chi connectivity index (χ2n) is 6.09. The first-order chi connectivity index (χ1) is 8.91. The smallest absolute Gasteiger partial charge is 0.240 e. The summed E-state index contributed by atoms with van der Waals surface area (Å²) in [5.74, 6) is 1.43. The van der Waals surface area contributed by atoms with Gasteiger partial charge in [-0.2, -0.15) is 0 Å². The molecule has 2 unspecified atom stereocenters. The van der Waals surface area contributed by atoms with E-state index >= 15 is 0 Å². The number of amides is 1. The summed E-state index contributed by atoms with van der Waals surface area (Å²) in [7, 11) is 0. The van der Waals surface area contributed by atoms with Crippen LogP contribution in [-0.2, 0) is 4.79 Å². The number of rotatable bonds is 10. The van der Waals surface area contributed by atoms with Gasteiger partial charge in [0, 0.05) is 6.54 Å². The Labute approximate surface area is 119 Å². The largest absolute Gasteiger partial charge is 0.355 e. The summed E-state index contributed by atoms with van der Waals surface area (Å²) >= 11 is 0. The van der Waals surface area contributed by atoms with Crippen molar-refractivity contribution in [2.24, 2.45) is 11.8 Å². The summed E-state index contributed by atoms with van der Waals surface area (Å²) in [5, 5.41) is 6.50. The molecule has 19 heavy (non-hydrogen) atoms. The number of carbonyl (C=O) groups excluding carboxylic acids is 1. The molecule has 0 aliphatic rings. The molecule has 0 saturated carbocycles. The molecule has 0 aromatic carbocycles. The summed E-state index contributed by atoms with van der Waals surface area (Å²) in [6, 6.07) is 0. The molecule has 0 aliphatic heterocycles. The van der Waals surface area contributed by atoms with Crippen LogP contribution < -0.4 is 10.6 Å². The van der Waals surface area contributed by atoms with Crippen molar-refractivity contribution in [3.8, 4) is 0 Å². The summed E-state index contributed by atoms with van der Waals surface area (Å²) in [4.78, 5) is 12.3. The van der Waals surface area contributed by atoms with Crippen LogP contribution in [0, 0.1) is 11.8 Å². The van der Waals surface area contributed by atoms with Crippen molar-refractivity contribution in [3.05, 3.63) is 0 Å². The molecule has 0 aromatic rings. The monoisotopic (exact) mass is 270 g/mol. The Morgan fingerprint density at radius 1 is 1.21 bits per heavy atom. The second-order valence-corrected chi connectivity index (χ2v) is 6.09. The van der Waals surface area contributed by atoms with Crippen molar-refractivity contribution in [2.75, 3.05) is 13.1 Å². The van der Waals surface area contributed by atoms with Crippen LogP contribution in [0.1, 0.15) is 67.2 Å². The lowest BCUT2D eigenvalue weighted by Gasteiger charge is -2.32. The molecular weight excluding hydrogens is 236 g/mol. The number of hydrogen-bond acceptors (Lipinski definition) is 2. The molecule has 3 nitrogen and oxygen atoms in total. The number of unbranched alkanes of at least 4 members (excludes halogenated alkanes) is 1. The van der Waals surface area contributed by atoms with Crippen molar-refractivity contribution in [1.29, 1.82) is 0 Å². The zero-order chi connectivity index (χ0) is 14.9. The number of likely N-dealkylation sites (N-methyl/N-ethyl adjacent to an activating group) is 1. The molecule has 0 saturated heterocycles. The van der Waals surface area contributed by atoms with Crippen LogP contribution in [0.15, 0.2) is 0 Å². The van der Waals surface area contributed by atoms with Crippen molar-refractivity contribution >= 4 is 5.91 Å². The average Bonchev–Trinajstić information content (AvgIpc) is 2.37. The van der Waals surface area contributed by atoms with E-state index in [-0.39, 0.29) is 5.91 Å². The summed E-state index contributed by atoms with van der Waals surface area (Å²) in [6.07, 6.45) is 4.27. The number of carbonyl (C=O) groups is 1. The first kappa shape index (κ1) is 18.4. The van der Waals surface area contributed by atoms with Gasteiger partial charge in [-0.15, -0.1) is 0 Å². The van der Waals surface area contributed by atoms with E-state index in [0.717, 1.165) is 32.2 Å². The van der Waals surface area contributed by atoms with E-state index in [2.05, 4.69) is 38.3 Å². The predicted octanol–water partition coefficient (Wildman–Crippen LogP) is 3.34. The Balaban J connectivity index is 4.61. The molecule has 114 valence electrons. The van der Waals surface area contributed by atoms with Gasteiger partial charge in [0.1, 0.15) is 0 Å². The zero-order valence-corrected chi connectivity index (χ0v) is 13.8. The standard InChI is InChI=1S/C16H34N2O/c1-7-10-11-16(6,15(19)17-9-3)18-12-14(8-2)13(4)5/h13-14,18H,7-12H2,1-6H3,(H,17,19). The van der Waals surface area contributed by atoms with Gasteiger partial charge in [-0.3, -0.25) is 4.79 Å². The van der Waals surface area contributed by atoms with Crippen LogP contribution in [0.5, 0.6) is 0 Å². The SMILES string of the molecule is CCCCC(C)(NCC(CC)C(C)C)C(=O)NCC. The minimum Gasteiger partial charge on any atom is -0.355 e. The Kier molecular flexibility index (Phi) is 9.07. The summed E-state index contributed by atoms with van der Waals surface area (Å²) in [5.41, 5.74) is -0.422.